The summed E-state index contributed by atoms with van der Waals surface area (Å²) in [5.41, 5.74) is 17.0. The van der Waals surface area contributed by atoms with Gasteiger partial charge in [0.1, 0.15) is 0 Å². The topological polar surface area (TPSA) is 4.93 Å². The highest BCUT2D eigenvalue weighted by molar-refractivity contribution is 7.33. The van der Waals surface area contributed by atoms with Crippen molar-refractivity contribution >= 4 is 19.1 Å². The van der Waals surface area contributed by atoms with Crippen LogP contribution in [-0.2, 0) is 0 Å². The van der Waals surface area contributed by atoms with Crippen molar-refractivity contribution in [1.29, 1.82) is 0 Å². The Morgan fingerprint density at radius 2 is 1.33 bits per heavy atom. The van der Waals surface area contributed by atoms with E-state index in [-0.39, 0.29) is 6.04 Å². The second-order valence-corrected chi connectivity index (χ2v) is 10.8. The van der Waals surface area contributed by atoms with Crippen molar-refractivity contribution in [1.82, 2.24) is 4.57 Å². The van der Waals surface area contributed by atoms with E-state index < -0.39 is 0 Å². The first-order valence-corrected chi connectivity index (χ1v) is 12.9. The monoisotopic (exact) mass is 447 g/mol. The van der Waals surface area contributed by atoms with Crippen molar-refractivity contribution in [3.63, 3.8) is 0 Å². The summed E-state index contributed by atoms with van der Waals surface area (Å²) < 4.78 is 2.67. The van der Waals surface area contributed by atoms with Crippen molar-refractivity contribution < 1.29 is 0 Å². The van der Waals surface area contributed by atoms with Crippen molar-refractivity contribution in [2.45, 2.75) is 47.6 Å². The predicted octanol–water partition coefficient (Wildman–Crippen LogP) is 8.81. The number of hydrogen-bond acceptors (Lipinski definition) is 0. The lowest BCUT2D eigenvalue weighted by molar-refractivity contribution is 0.697. The summed E-state index contributed by atoms with van der Waals surface area (Å²) in [4.78, 5) is 0. The Morgan fingerprint density at radius 3 is 2.09 bits per heavy atom. The number of aromatic nitrogens is 1. The maximum absolute atomic E-state index is 2.67. The van der Waals surface area contributed by atoms with Gasteiger partial charge in [0.2, 0.25) is 0 Å². The van der Waals surface area contributed by atoms with Crippen LogP contribution in [0.2, 0.25) is 0 Å². The first kappa shape index (κ1) is 20.6. The van der Waals surface area contributed by atoms with E-state index in [1.807, 2.05) is 0 Å². The largest absolute Gasteiger partial charge is 0.333 e. The standard InChI is InChI=1S/C31H30NP/c1-17-18(2)20(4)30-28(19(17)3)21(5)22(6)32(30)31-25-12-8-7-11-23(25)24-13-9-14-26(29(24)31)27-15-10-16-33-27/h7-16,31,33H,1-6H3. The van der Waals surface area contributed by atoms with Crippen LogP contribution in [0.4, 0.5) is 0 Å². The fourth-order valence-corrected chi connectivity index (χ4v) is 7.07. The summed E-state index contributed by atoms with van der Waals surface area (Å²) in [7, 11) is 0.742. The van der Waals surface area contributed by atoms with E-state index in [9.17, 15) is 0 Å². The summed E-state index contributed by atoms with van der Waals surface area (Å²) in [6, 6.07) is 20.7. The van der Waals surface area contributed by atoms with E-state index in [1.165, 1.54) is 77.5 Å². The number of rotatable bonds is 2. The first-order valence-electron chi connectivity index (χ1n) is 11.8. The van der Waals surface area contributed by atoms with Crippen LogP contribution in [0, 0.1) is 41.5 Å². The summed E-state index contributed by atoms with van der Waals surface area (Å²) >= 11 is 0. The quantitative estimate of drug-likeness (QED) is 0.250. The molecule has 2 unspecified atom stereocenters. The van der Waals surface area contributed by atoms with Crippen LogP contribution >= 0.6 is 8.19 Å². The molecule has 0 fully saturated rings. The van der Waals surface area contributed by atoms with Gasteiger partial charge in [-0.25, -0.2) is 0 Å². The molecule has 164 valence electrons. The van der Waals surface area contributed by atoms with E-state index in [0.29, 0.717) is 0 Å². The zero-order valence-electron chi connectivity index (χ0n) is 20.3. The number of fused-ring (bicyclic) bond motifs is 4. The van der Waals surface area contributed by atoms with Crippen LogP contribution in [-0.4, -0.2) is 4.57 Å². The average molecular weight is 448 g/mol. The Labute approximate surface area is 198 Å². The Bertz CT molecular complexity index is 1560. The Balaban J connectivity index is 1.78. The van der Waals surface area contributed by atoms with Gasteiger partial charge in [-0.1, -0.05) is 54.6 Å². The Morgan fingerprint density at radius 1 is 0.636 bits per heavy atom. The van der Waals surface area contributed by atoms with Crippen LogP contribution in [0.1, 0.15) is 50.7 Å². The second kappa shape index (κ2) is 7.24. The minimum atomic E-state index is 0.190. The molecule has 2 heteroatoms. The summed E-state index contributed by atoms with van der Waals surface area (Å²) in [5.74, 6) is 2.30. The molecule has 1 nitrogen and oxygen atoms in total. The molecule has 33 heavy (non-hydrogen) atoms. The third-order valence-electron chi connectivity index (χ3n) is 8.25. The fraction of sp³-hybridized carbons (Fsp3) is 0.226. The lowest BCUT2D eigenvalue weighted by Crippen LogP contribution is -2.13. The lowest BCUT2D eigenvalue weighted by Gasteiger charge is -2.24. The highest BCUT2D eigenvalue weighted by Crippen LogP contribution is 2.52. The molecule has 0 bridgehead atoms. The summed E-state index contributed by atoms with van der Waals surface area (Å²) in [6.07, 6.45) is 0. The smallest absolute Gasteiger partial charge is 0.0860 e. The van der Waals surface area contributed by atoms with Gasteiger partial charge in [0.05, 0.1) is 11.6 Å². The van der Waals surface area contributed by atoms with Gasteiger partial charge in [-0.3, -0.25) is 0 Å². The molecule has 2 atom stereocenters. The third-order valence-corrected chi connectivity index (χ3v) is 9.35. The van der Waals surface area contributed by atoms with E-state index in [0.717, 1.165) is 8.19 Å². The molecule has 2 heterocycles. The van der Waals surface area contributed by atoms with Gasteiger partial charge in [0, 0.05) is 11.1 Å². The molecule has 0 amide bonds. The van der Waals surface area contributed by atoms with Crippen molar-refractivity contribution in [3.05, 3.63) is 105 Å². The third kappa shape index (κ3) is 2.66. The molecule has 3 aromatic carbocycles. The number of aryl methyl sites for hydroxylation is 3. The molecule has 0 aliphatic heterocycles. The van der Waals surface area contributed by atoms with Gasteiger partial charge in [0.25, 0.3) is 0 Å². The van der Waals surface area contributed by atoms with Crippen LogP contribution < -0.4 is 0 Å². The zero-order chi connectivity index (χ0) is 23.0. The molecule has 0 N–H and O–H groups in total. The maximum atomic E-state index is 2.67. The highest BCUT2D eigenvalue weighted by Gasteiger charge is 2.35. The second-order valence-electron chi connectivity index (χ2n) is 9.64. The van der Waals surface area contributed by atoms with Crippen LogP contribution in [0.15, 0.2) is 60.4 Å². The molecule has 2 aromatic heterocycles. The Hall–Kier alpha value is -3.02. The van der Waals surface area contributed by atoms with Crippen molar-refractivity contribution in [2.24, 2.45) is 0 Å². The average Bonchev–Trinajstić information content (AvgIpc) is 3.53. The summed E-state index contributed by atoms with van der Waals surface area (Å²) in [5, 5.41) is 2.90. The highest BCUT2D eigenvalue weighted by atomic mass is 31.0. The van der Waals surface area contributed by atoms with Gasteiger partial charge in [0.15, 0.2) is 0 Å². The molecule has 0 saturated heterocycles. The van der Waals surface area contributed by atoms with Gasteiger partial charge in [-0.05, 0) is 108 Å². The van der Waals surface area contributed by atoms with E-state index in [4.69, 9.17) is 0 Å². The molecule has 0 saturated carbocycles. The van der Waals surface area contributed by atoms with Gasteiger partial charge in [-0.2, -0.15) is 0 Å². The van der Waals surface area contributed by atoms with E-state index >= 15 is 0 Å². The molecular weight excluding hydrogens is 417 g/mol. The first-order chi connectivity index (χ1) is 15.9. The number of benzene rings is 3. The van der Waals surface area contributed by atoms with Gasteiger partial charge < -0.3 is 4.57 Å². The Kier molecular flexibility index (Phi) is 4.51. The minimum Gasteiger partial charge on any atom is -0.333 e. The molecule has 0 spiro atoms. The maximum Gasteiger partial charge on any atom is 0.0860 e. The van der Waals surface area contributed by atoms with Crippen LogP contribution in [0.3, 0.4) is 0 Å². The zero-order valence-corrected chi connectivity index (χ0v) is 21.3. The molecule has 6 rings (SSSR count). The molecule has 1 aliphatic rings. The van der Waals surface area contributed by atoms with Crippen LogP contribution in [0.5, 0.6) is 0 Å². The molecule has 0 radical (unpaired) electrons. The molecule has 1 aliphatic carbocycles. The normalized spacial score (nSPS) is 14.9. The van der Waals surface area contributed by atoms with Crippen molar-refractivity contribution in [3.8, 4) is 22.0 Å². The minimum absolute atomic E-state index is 0.190. The summed E-state index contributed by atoms with van der Waals surface area (Å²) in [6.45, 7) is 13.8. The van der Waals surface area contributed by atoms with Gasteiger partial charge >= 0.3 is 0 Å². The fourth-order valence-electron chi connectivity index (χ4n) is 6.14. The van der Waals surface area contributed by atoms with Gasteiger partial charge in [-0.15, -0.1) is 8.19 Å². The predicted molar refractivity (Wildman–Crippen MR) is 144 cm³/mol. The number of hydrogen-bond donors (Lipinski definition) is 0. The van der Waals surface area contributed by atoms with Crippen molar-refractivity contribution in [2.75, 3.05) is 0 Å². The lowest BCUT2D eigenvalue weighted by atomic mass is 9.93. The van der Waals surface area contributed by atoms with E-state index in [2.05, 4.69) is 107 Å². The molecule has 5 aromatic rings. The molecular formula is C31H30NP. The SMILES string of the molecule is Cc1c(C)c(C)c2c(c1C)c(C)c(C)n2C1c2ccccc2-c2cccc(-c3ccc[pH]3)c21. The van der Waals surface area contributed by atoms with Crippen LogP contribution in [0.25, 0.3) is 32.9 Å². The van der Waals surface area contributed by atoms with E-state index in [1.54, 1.807) is 0 Å². The number of nitrogens with zero attached hydrogens (tertiary/aromatic N) is 1.